The summed E-state index contributed by atoms with van der Waals surface area (Å²) < 4.78 is 5.39. The molecule has 1 aromatic carbocycles. The van der Waals surface area contributed by atoms with E-state index in [1.54, 1.807) is 18.4 Å². The molecule has 1 saturated heterocycles. The van der Waals surface area contributed by atoms with Gasteiger partial charge in [-0.15, -0.1) is 11.3 Å². The van der Waals surface area contributed by atoms with Crippen LogP contribution in [0.4, 0.5) is 4.79 Å². The Morgan fingerprint density at radius 1 is 1.32 bits per heavy atom. The van der Waals surface area contributed by atoms with Gasteiger partial charge in [0.05, 0.1) is 13.7 Å². The Morgan fingerprint density at radius 3 is 2.96 bits per heavy atom. The fourth-order valence-corrected chi connectivity index (χ4v) is 4.89. The van der Waals surface area contributed by atoms with E-state index in [1.165, 1.54) is 9.78 Å². The summed E-state index contributed by atoms with van der Waals surface area (Å²) in [6.07, 6.45) is 2.54. The minimum absolute atomic E-state index is 0.152. The number of nitrogens with zero attached hydrogens (tertiary/aromatic N) is 1. The van der Waals surface area contributed by atoms with Gasteiger partial charge in [0.15, 0.2) is 0 Å². The number of amides is 3. The van der Waals surface area contributed by atoms with E-state index >= 15 is 0 Å². The van der Waals surface area contributed by atoms with Crippen molar-refractivity contribution in [1.29, 1.82) is 0 Å². The van der Waals surface area contributed by atoms with Crippen molar-refractivity contribution in [2.45, 2.75) is 38.3 Å². The summed E-state index contributed by atoms with van der Waals surface area (Å²) in [6, 6.07) is 7.44. The first-order valence-electron chi connectivity index (χ1n) is 8.39. The van der Waals surface area contributed by atoms with Crippen molar-refractivity contribution >= 4 is 23.3 Å². The van der Waals surface area contributed by atoms with Gasteiger partial charge in [-0.05, 0) is 43.7 Å². The molecule has 5 nitrogen and oxygen atoms in total. The Hall–Kier alpha value is -2.34. The standard InChI is InChI=1S/C19H20N2O3S/c1-12-5-6-15(24-2)13(10-12)11-21-17(22)19(20-18(21)23)8-3-4-16-14(19)7-9-25-16/h5-7,9-10H,3-4,8,11H2,1-2H3,(H,20,23)/t19-/m1/s1. The number of ether oxygens (including phenoxy) is 1. The van der Waals surface area contributed by atoms with Gasteiger partial charge in [0.1, 0.15) is 11.3 Å². The van der Waals surface area contributed by atoms with Crippen LogP contribution in [0.1, 0.15) is 34.4 Å². The fourth-order valence-electron chi connectivity index (χ4n) is 3.89. The molecule has 1 fully saturated rings. The Labute approximate surface area is 150 Å². The summed E-state index contributed by atoms with van der Waals surface area (Å²) in [7, 11) is 1.60. The highest BCUT2D eigenvalue weighted by molar-refractivity contribution is 7.10. The molecule has 2 heterocycles. The third kappa shape index (κ3) is 2.43. The van der Waals surface area contributed by atoms with Crippen LogP contribution in [0.5, 0.6) is 5.75 Å². The zero-order valence-corrected chi connectivity index (χ0v) is 15.1. The summed E-state index contributed by atoms with van der Waals surface area (Å²) in [5.74, 6) is 0.535. The van der Waals surface area contributed by atoms with E-state index in [1.807, 2.05) is 36.6 Å². The van der Waals surface area contributed by atoms with Gasteiger partial charge in [-0.25, -0.2) is 4.79 Å². The SMILES string of the molecule is COc1ccc(C)cc1CN1C(=O)N[C@@]2(CCCc3sccc32)C1=O. The van der Waals surface area contributed by atoms with Crippen molar-refractivity contribution in [3.8, 4) is 5.75 Å². The second-order valence-electron chi connectivity index (χ2n) is 6.65. The highest BCUT2D eigenvalue weighted by Gasteiger charge is 2.54. The number of thiophene rings is 1. The number of carbonyl (C=O) groups is 2. The summed E-state index contributed by atoms with van der Waals surface area (Å²) in [5.41, 5.74) is 1.99. The number of hydrogen-bond donors (Lipinski definition) is 1. The summed E-state index contributed by atoms with van der Waals surface area (Å²) in [4.78, 5) is 28.4. The summed E-state index contributed by atoms with van der Waals surface area (Å²) >= 11 is 1.66. The number of carbonyl (C=O) groups excluding carboxylic acids is 2. The average molecular weight is 356 g/mol. The first-order chi connectivity index (χ1) is 12.0. The lowest BCUT2D eigenvalue weighted by Gasteiger charge is -2.31. The number of nitrogens with one attached hydrogen (secondary N) is 1. The second-order valence-corrected chi connectivity index (χ2v) is 7.65. The van der Waals surface area contributed by atoms with Crippen LogP contribution in [0.25, 0.3) is 0 Å². The van der Waals surface area contributed by atoms with Crippen molar-refractivity contribution in [2.24, 2.45) is 0 Å². The number of fused-ring (bicyclic) bond motifs is 2. The number of benzene rings is 1. The van der Waals surface area contributed by atoms with Crippen LogP contribution in [0.2, 0.25) is 0 Å². The van der Waals surface area contributed by atoms with Crippen LogP contribution in [0.15, 0.2) is 29.6 Å². The van der Waals surface area contributed by atoms with Gasteiger partial charge in [0.25, 0.3) is 5.91 Å². The number of hydrogen-bond acceptors (Lipinski definition) is 4. The van der Waals surface area contributed by atoms with Crippen molar-refractivity contribution in [3.63, 3.8) is 0 Å². The lowest BCUT2D eigenvalue weighted by atomic mass is 9.80. The molecular formula is C19H20N2O3S. The van der Waals surface area contributed by atoms with Crippen molar-refractivity contribution in [3.05, 3.63) is 51.2 Å². The van der Waals surface area contributed by atoms with Crippen LogP contribution in [0.3, 0.4) is 0 Å². The predicted molar refractivity (Wildman–Crippen MR) is 95.7 cm³/mol. The quantitative estimate of drug-likeness (QED) is 0.858. The lowest BCUT2D eigenvalue weighted by molar-refractivity contribution is -0.132. The molecule has 2 aliphatic rings. The van der Waals surface area contributed by atoms with Gasteiger partial charge in [0, 0.05) is 16.0 Å². The Morgan fingerprint density at radius 2 is 2.16 bits per heavy atom. The van der Waals surface area contributed by atoms with Crippen LogP contribution >= 0.6 is 11.3 Å². The number of methoxy groups -OCH3 is 1. The maximum Gasteiger partial charge on any atom is 0.325 e. The largest absolute Gasteiger partial charge is 0.496 e. The predicted octanol–water partition coefficient (Wildman–Crippen LogP) is 3.35. The Balaban J connectivity index is 1.69. The third-order valence-electron chi connectivity index (χ3n) is 5.10. The maximum absolute atomic E-state index is 13.2. The molecule has 0 bridgehead atoms. The topological polar surface area (TPSA) is 58.6 Å². The van der Waals surface area contributed by atoms with E-state index in [2.05, 4.69) is 5.32 Å². The summed E-state index contributed by atoms with van der Waals surface area (Å²) in [5, 5.41) is 4.99. The van der Waals surface area contributed by atoms with E-state index in [0.717, 1.165) is 29.5 Å². The van der Waals surface area contributed by atoms with Crippen molar-refractivity contribution in [2.75, 3.05) is 7.11 Å². The molecule has 1 aliphatic carbocycles. The smallest absolute Gasteiger partial charge is 0.325 e. The zero-order valence-electron chi connectivity index (χ0n) is 14.3. The van der Waals surface area contributed by atoms with Crippen molar-refractivity contribution < 1.29 is 14.3 Å². The molecule has 1 atom stereocenters. The Kier molecular flexibility index (Phi) is 3.80. The first-order valence-corrected chi connectivity index (χ1v) is 9.27. The van der Waals surface area contributed by atoms with Gasteiger partial charge in [-0.3, -0.25) is 9.69 Å². The maximum atomic E-state index is 13.2. The van der Waals surface area contributed by atoms with Gasteiger partial charge >= 0.3 is 6.03 Å². The van der Waals surface area contributed by atoms with Gasteiger partial charge in [-0.1, -0.05) is 17.7 Å². The number of imide groups is 1. The molecule has 4 rings (SSSR count). The molecule has 1 aliphatic heterocycles. The molecule has 3 amide bonds. The van der Waals surface area contributed by atoms with E-state index in [9.17, 15) is 9.59 Å². The molecule has 0 radical (unpaired) electrons. The van der Waals surface area contributed by atoms with Crippen LogP contribution in [0, 0.1) is 6.92 Å². The minimum atomic E-state index is -0.887. The molecule has 130 valence electrons. The molecule has 6 heteroatoms. The fraction of sp³-hybridized carbons (Fsp3) is 0.368. The number of aryl methyl sites for hydroxylation is 2. The average Bonchev–Trinajstić information content (AvgIpc) is 3.16. The monoisotopic (exact) mass is 356 g/mol. The molecule has 1 spiro atoms. The van der Waals surface area contributed by atoms with E-state index < -0.39 is 5.54 Å². The zero-order chi connectivity index (χ0) is 17.6. The first kappa shape index (κ1) is 16.1. The molecular weight excluding hydrogens is 336 g/mol. The van der Waals surface area contributed by atoms with E-state index in [-0.39, 0.29) is 18.5 Å². The van der Waals surface area contributed by atoms with Gasteiger partial charge in [-0.2, -0.15) is 0 Å². The van der Waals surface area contributed by atoms with Crippen molar-refractivity contribution in [1.82, 2.24) is 10.2 Å². The molecule has 1 aromatic heterocycles. The van der Waals surface area contributed by atoms with Gasteiger partial charge < -0.3 is 10.1 Å². The van der Waals surface area contributed by atoms with E-state index in [4.69, 9.17) is 4.74 Å². The summed E-state index contributed by atoms with van der Waals surface area (Å²) in [6.45, 7) is 2.20. The highest BCUT2D eigenvalue weighted by atomic mass is 32.1. The highest BCUT2D eigenvalue weighted by Crippen LogP contribution is 2.42. The minimum Gasteiger partial charge on any atom is -0.496 e. The van der Waals surface area contributed by atoms with Gasteiger partial charge in [0.2, 0.25) is 0 Å². The Bertz CT molecular complexity index is 860. The molecule has 25 heavy (non-hydrogen) atoms. The molecule has 1 N–H and O–H groups in total. The third-order valence-corrected chi connectivity index (χ3v) is 6.08. The van der Waals surface area contributed by atoms with E-state index in [0.29, 0.717) is 12.2 Å². The normalized spacial score (nSPS) is 22.2. The molecule has 2 aromatic rings. The molecule has 0 unspecified atom stereocenters. The van der Waals surface area contributed by atoms with Crippen LogP contribution in [-0.2, 0) is 23.3 Å². The second kappa shape index (κ2) is 5.88. The number of rotatable bonds is 3. The molecule has 0 saturated carbocycles. The number of urea groups is 1. The van der Waals surface area contributed by atoms with Crippen LogP contribution in [-0.4, -0.2) is 23.9 Å². The van der Waals surface area contributed by atoms with Crippen LogP contribution < -0.4 is 10.1 Å². The lowest BCUT2D eigenvalue weighted by Crippen LogP contribution is -2.46.